The third-order valence-corrected chi connectivity index (χ3v) is 4.64. The first kappa shape index (κ1) is 14.0. The van der Waals surface area contributed by atoms with Crippen LogP contribution in [-0.4, -0.2) is 0 Å². The summed E-state index contributed by atoms with van der Waals surface area (Å²) in [5.74, 6) is 0. The number of hydrogen-bond donors (Lipinski definition) is 0. The molecular weight excluding hydrogens is 346 g/mol. The molecule has 0 heterocycles. The van der Waals surface area contributed by atoms with E-state index in [-0.39, 0.29) is 0 Å². The normalized spacial score (nSPS) is 10.8. The van der Waals surface area contributed by atoms with Gasteiger partial charge in [-0.1, -0.05) is 64.5 Å². The van der Waals surface area contributed by atoms with Crippen LogP contribution in [0, 0.1) is 11.3 Å². The molecule has 0 saturated carbocycles. The highest BCUT2D eigenvalue weighted by atomic mass is 79.9. The first-order chi connectivity index (χ1) is 11.3. The van der Waals surface area contributed by atoms with Crippen LogP contribution < -0.4 is 0 Å². The van der Waals surface area contributed by atoms with Crippen LogP contribution in [0.2, 0.25) is 0 Å². The summed E-state index contributed by atoms with van der Waals surface area (Å²) in [7, 11) is 0. The van der Waals surface area contributed by atoms with E-state index in [0.717, 1.165) is 9.86 Å². The van der Waals surface area contributed by atoms with Crippen molar-refractivity contribution in [3.63, 3.8) is 0 Å². The maximum absolute atomic E-state index is 9.10. The molecule has 0 unspecified atom stereocenters. The van der Waals surface area contributed by atoms with Crippen LogP contribution in [0.4, 0.5) is 0 Å². The van der Waals surface area contributed by atoms with Crippen LogP contribution in [0.1, 0.15) is 5.56 Å². The Morgan fingerprint density at radius 1 is 0.696 bits per heavy atom. The van der Waals surface area contributed by atoms with Gasteiger partial charge in [-0.3, -0.25) is 0 Å². The molecular formula is C21H12BrN. The summed E-state index contributed by atoms with van der Waals surface area (Å²) in [6.45, 7) is 0. The quantitative estimate of drug-likeness (QED) is 0.392. The minimum atomic E-state index is 0.691. The lowest BCUT2D eigenvalue weighted by molar-refractivity contribution is 1.50. The van der Waals surface area contributed by atoms with E-state index in [4.69, 9.17) is 5.26 Å². The Hall–Kier alpha value is -2.63. The number of rotatable bonds is 1. The molecule has 0 aliphatic rings. The van der Waals surface area contributed by atoms with Gasteiger partial charge < -0.3 is 0 Å². The Labute approximate surface area is 142 Å². The van der Waals surface area contributed by atoms with Crippen molar-refractivity contribution < 1.29 is 0 Å². The van der Waals surface area contributed by atoms with Crippen molar-refractivity contribution in [3.05, 3.63) is 82.8 Å². The summed E-state index contributed by atoms with van der Waals surface area (Å²) in [5.41, 5.74) is 3.10. The standard InChI is InChI=1S/C21H12BrN/c22-17-8-10-19-16(12-17)4-2-6-21(19)20-5-1-3-15-11-14(13-23)7-9-18(15)20/h1-12H. The van der Waals surface area contributed by atoms with E-state index < -0.39 is 0 Å². The second-order valence-corrected chi connectivity index (χ2v) is 6.44. The molecule has 0 atom stereocenters. The highest BCUT2D eigenvalue weighted by molar-refractivity contribution is 9.10. The fourth-order valence-corrected chi connectivity index (χ4v) is 3.46. The number of fused-ring (bicyclic) bond motifs is 2. The highest BCUT2D eigenvalue weighted by Crippen LogP contribution is 2.34. The summed E-state index contributed by atoms with van der Waals surface area (Å²) >= 11 is 3.54. The van der Waals surface area contributed by atoms with Crippen LogP contribution in [0.25, 0.3) is 32.7 Å². The molecule has 108 valence electrons. The van der Waals surface area contributed by atoms with Crippen LogP contribution in [0.15, 0.2) is 77.3 Å². The van der Waals surface area contributed by atoms with Gasteiger partial charge in [-0.2, -0.15) is 5.26 Å². The van der Waals surface area contributed by atoms with E-state index >= 15 is 0 Å². The third-order valence-electron chi connectivity index (χ3n) is 4.14. The molecule has 0 N–H and O–H groups in total. The molecule has 4 aromatic carbocycles. The second-order valence-electron chi connectivity index (χ2n) is 5.52. The van der Waals surface area contributed by atoms with Gasteiger partial charge in [0.25, 0.3) is 0 Å². The number of nitrogens with zero attached hydrogens (tertiary/aromatic N) is 1. The zero-order chi connectivity index (χ0) is 15.8. The van der Waals surface area contributed by atoms with E-state index in [1.165, 1.54) is 27.3 Å². The Balaban J connectivity index is 2.05. The van der Waals surface area contributed by atoms with Crippen molar-refractivity contribution in [2.45, 2.75) is 0 Å². The maximum Gasteiger partial charge on any atom is 0.0991 e. The molecule has 0 saturated heterocycles. The molecule has 0 fully saturated rings. The molecule has 4 rings (SSSR count). The largest absolute Gasteiger partial charge is 0.192 e. The van der Waals surface area contributed by atoms with E-state index in [2.05, 4.69) is 76.6 Å². The Kier molecular flexibility index (Phi) is 3.37. The topological polar surface area (TPSA) is 23.8 Å². The smallest absolute Gasteiger partial charge is 0.0991 e. The molecule has 0 spiro atoms. The minimum Gasteiger partial charge on any atom is -0.192 e. The van der Waals surface area contributed by atoms with Crippen molar-refractivity contribution in [1.29, 1.82) is 5.26 Å². The summed E-state index contributed by atoms with van der Waals surface area (Å²) in [5, 5.41) is 13.8. The van der Waals surface area contributed by atoms with Gasteiger partial charge in [-0.15, -0.1) is 0 Å². The third kappa shape index (κ3) is 2.40. The van der Waals surface area contributed by atoms with E-state index in [9.17, 15) is 0 Å². The highest BCUT2D eigenvalue weighted by Gasteiger charge is 2.08. The number of hydrogen-bond acceptors (Lipinski definition) is 1. The lowest BCUT2D eigenvalue weighted by atomic mass is 9.93. The monoisotopic (exact) mass is 357 g/mol. The fourth-order valence-electron chi connectivity index (χ4n) is 3.08. The van der Waals surface area contributed by atoms with Crippen LogP contribution in [-0.2, 0) is 0 Å². The fraction of sp³-hybridized carbons (Fsp3) is 0. The predicted octanol–water partition coefficient (Wildman–Crippen LogP) is 6.29. The van der Waals surface area contributed by atoms with Crippen LogP contribution in [0.5, 0.6) is 0 Å². The van der Waals surface area contributed by atoms with Crippen molar-refractivity contribution >= 4 is 37.5 Å². The van der Waals surface area contributed by atoms with E-state index in [1.807, 2.05) is 18.2 Å². The van der Waals surface area contributed by atoms with Crippen LogP contribution in [0.3, 0.4) is 0 Å². The Bertz CT molecular complexity index is 1090. The Morgan fingerprint density at radius 3 is 1.96 bits per heavy atom. The Morgan fingerprint density at radius 2 is 1.30 bits per heavy atom. The number of benzene rings is 4. The second kappa shape index (κ2) is 5.53. The van der Waals surface area contributed by atoms with Gasteiger partial charge in [0.05, 0.1) is 11.6 Å². The van der Waals surface area contributed by atoms with Crippen molar-refractivity contribution in [3.8, 4) is 17.2 Å². The number of nitriles is 1. The zero-order valence-electron chi connectivity index (χ0n) is 12.3. The molecule has 0 aliphatic heterocycles. The molecule has 0 amide bonds. The van der Waals surface area contributed by atoms with Gasteiger partial charge in [0.1, 0.15) is 0 Å². The van der Waals surface area contributed by atoms with Gasteiger partial charge >= 0.3 is 0 Å². The van der Waals surface area contributed by atoms with Crippen LogP contribution >= 0.6 is 15.9 Å². The lowest BCUT2D eigenvalue weighted by Gasteiger charge is -2.11. The zero-order valence-corrected chi connectivity index (χ0v) is 13.8. The van der Waals surface area contributed by atoms with Gasteiger partial charge in [0.2, 0.25) is 0 Å². The van der Waals surface area contributed by atoms with Gasteiger partial charge in [-0.25, -0.2) is 0 Å². The summed E-state index contributed by atoms with van der Waals surface area (Å²) in [6, 6.07) is 27.1. The van der Waals surface area contributed by atoms with E-state index in [1.54, 1.807) is 0 Å². The molecule has 0 aromatic heterocycles. The number of halogens is 1. The molecule has 1 nitrogen and oxygen atoms in total. The van der Waals surface area contributed by atoms with Gasteiger partial charge in [0.15, 0.2) is 0 Å². The summed E-state index contributed by atoms with van der Waals surface area (Å²) in [4.78, 5) is 0. The molecule has 2 heteroatoms. The lowest BCUT2D eigenvalue weighted by Crippen LogP contribution is -1.85. The summed E-state index contributed by atoms with van der Waals surface area (Å²) < 4.78 is 1.08. The first-order valence-corrected chi connectivity index (χ1v) is 8.17. The average molecular weight is 358 g/mol. The molecule has 23 heavy (non-hydrogen) atoms. The van der Waals surface area contributed by atoms with Crippen molar-refractivity contribution in [1.82, 2.24) is 0 Å². The molecule has 0 radical (unpaired) electrons. The molecule has 4 aromatic rings. The molecule has 0 bridgehead atoms. The minimum absolute atomic E-state index is 0.691. The van der Waals surface area contributed by atoms with Crippen molar-refractivity contribution in [2.75, 3.05) is 0 Å². The first-order valence-electron chi connectivity index (χ1n) is 7.38. The maximum atomic E-state index is 9.10. The average Bonchev–Trinajstić information content (AvgIpc) is 2.60. The van der Waals surface area contributed by atoms with Crippen molar-refractivity contribution in [2.24, 2.45) is 0 Å². The van der Waals surface area contributed by atoms with Gasteiger partial charge in [-0.05, 0) is 56.9 Å². The van der Waals surface area contributed by atoms with Gasteiger partial charge in [0, 0.05) is 4.47 Å². The molecule has 0 aliphatic carbocycles. The SMILES string of the molecule is N#Cc1ccc2c(-c3cccc4cc(Br)ccc34)cccc2c1. The summed E-state index contributed by atoms with van der Waals surface area (Å²) in [6.07, 6.45) is 0. The van der Waals surface area contributed by atoms with E-state index in [0.29, 0.717) is 5.56 Å². The predicted molar refractivity (Wildman–Crippen MR) is 99.3 cm³/mol.